The number of hydrogen-bond acceptors (Lipinski definition) is 12. The molecule has 0 fully saturated rings. The van der Waals surface area contributed by atoms with Crippen LogP contribution in [0.1, 0.15) is 11.1 Å². The zero-order chi connectivity index (χ0) is 31.0. The fourth-order valence-electron chi connectivity index (χ4n) is 4.52. The van der Waals surface area contributed by atoms with Crippen molar-refractivity contribution in [2.45, 2.75) is 10.3 Å². The average molecular weight is 647 g/mol. The quantitative estimate of drug-likeness (QED) is 0.241. The molecule has 1 aliphatic heterocycles. The summed E-state index contributed by atoms with van der Waals surface area (Å²) in [6.07, 6.45) is 10.4. The molecule has 46 heavy (non-hydrogen) atoms. The molecule has 12 nitrogen and oxygen atoms in total. The van der Waals surface area contributed by atoms with Gasteiger partial charge in [-0.05, 0) is 48.5 Å². The summed E-state index contributed by atoms with van der Waals surface area (Å²) in [5, 5.41) is 28.7. The van der Waals surface area contributed by atoms with E-state index in [4.69, 9.17) is 19.7 Å². The van der Waals surface area contributed by atoms with Crippen LogP contribution in [0.3, 0.4) is 0 Å². The molecular weight excluding hydrogens is 621 g/mol. The minimum Gasteiger partial charge on any atom is -0.489 e. The molecule has 0 unspecified atom stereocenters. The number of aromatic nitrogens is 8. The molecule has 6 aromatic rings. The lowest BCUT2D eigenvalue weighted by atomic mass is 10.2. The van der Waals surface area contributed by atoms with Gasteiger partial charge in [0.25, 0.3) is 0 Å². The molecule has 14 heteroatoms. The van der Waals surface area contributed by atoms with Crippen molar-refractivity contribution in [3.63, 3.8) is 0 Å². The number of rotatable bonds is 2. The molecule has 0 amide bonds. The first-order valence-corrected chi connectivity index (χ1v) is 16.3. The van der Waals surface area contributed by atoms with Crippen LogP contribution in [-0.4, -0.2) is 76.9 Å². The number of hydrogen-bond donors (Lipinski definition) is 0. The van der Waals surface area contributed by atoms with E-state index in [9.17, 15) is 0 Å². The third-order valence-corrected chi connectivity index (χ3v) is 8.77. The van der Waals surface area contributed by atoms with E-state index in [1.54, 1.807) is 70.1 Å². The highest BCUT2D eigenvalue weighted by atomic mass is 32.2. The molecule has 0 spiro atoms. The zero-order valence-electron chi connectivity index (χ0n) is 24.3. The standard InChI is InChI=1S/C32H26N10O2S2/c1-3-11-27-23(7-1)21-35-41-29(25-9-5-13-33-19-25)37-39-31(41)45-17-18-46-32-40-38-30(26-10-6-14-34-20-26)42(32)36-22-24-8-2-4-12-28(24)44-16-15-43-27/h1-14,19-22H,15-18H2/b35-21-,36-22-. The molecule has 5 heterocycles. The third kappa shape index (κ3) is 6.67. The van der Waals surface area contributed by atoms with Crippen molar-refractivity contribution in [3.05, 3.63) is 109 Å². The number of para-hydroxylation sites is 2. The van der Waals surface area contributed by atoms with E-state index in [2.05, 4.69) is 30.4 Å². The smallest absolute Gasteiger partial charge is 0.212 e. The second-order valence-electron chi connectivity index (χ2n) is 9.68. The first-order valence-electron chi connectivity index (χ1n) is 14.3. The fourth-order valence-corrected chi connectivity index (χ4v) is 6.26. The van der Waals surface area contributed by atoms with Crippen LogP contribution in [0.4, 0.5) is 0 Å². The fraction of sp³-hybridized carbons (Fsp3) is 0.125. The van der Waals surface area contributed by atoms with E-state index < -0.39 is 0 Å². The van der Waals surface area contributed by atoms with E-state index in [0.29, 0.717) is 58.2 Å². The number of fused-ring (bicyclic) bond motifs is 4. The van der Waals surface area contributed by atoms with Crippen molar-refractivity contribution >= 4 is 36.0 Å². The first kappa shape index (κ1) is 29.4. The van der Waals surface area contributed by atoms with Crippen LogP contribution in [-0.2, 0) is 0 Å². The summed E-state index contributed by atoms with van der Waals surface area (Å²) in [6.45, 7) is 0.644. The lowest BCUT2D eigenvalue weighted by Gasteiger charge is -2.12. The molecule has 1 aliphatic rings. The molecule has 2 aromatic carbocycles. The Morgan fingerprint density at radius 2 is 1.02 bits per heavy atom. The Balaban J connectivity index is 1.24. The summed E-state index contributed by atoms with van der Waals surface area (Å²) in [4.78, 5) is 8.51. The van der Waals surface area contributed by atoms with Gasteiger partial charge in [-0.15, -0.1) is 20.4 Å². The van der Waals surface area contributed by atoms with Gasteiger partial charge < -0.3 is 9.47 Å². The zero-order valence-corrected chi connectivity index (χ0v) is 26.0. The second kappa shape index (κ2) is 14.2. The van der Waals surface area contributed by atoms with E-state index in [-0.39, 0.29) is 0 Å². The van der Waals surface area contributed by atoms with Crippen molar-refractivity contribution in [2.24, 2.45) is 10.2 Å². The van der Waals surface area contributed by atoms with Crippen molar-refractivity contribution in [2.75, 3.05) is 24.7 Å². The predicted molar refractivity (Wildman–Crippen MR) is 178 cm³/mol. The average Bonchev–Trinajstić information content (AvgIpc) is 3.71. The maximum atomic E-state index is 6.13. The van der Waals surface area contributed by atoms with Gasteiger partial charge >= 0.3 is 0 Å². The molecule has 228 valence electrons. The summed E-state index contributed by atoms with van der Waals surface area (Å²) in [5.41, 5.74) is 3.23. The highest BCUT2D eigenvalue weighted by Crippen LogP contribution is 2.28. The third-order valence-electron chi connectivity index (χ3n) is 6.67. The molecule has 7 rings (SSSR count). The molecular formula is C32H26N10O2S2. The topological polar surface area (TPSA) is 130 Å². The first-order chi connectivity index (χ1) is 22.8. The van der Waals surface area contributed by atoms with Crippen LogP contribution >= 0.6 is 23.5 Å². The van der Waals surface area contributed by atoms with Crippen molar-refractivity contribution in [1.29, 1.82) is 0 Å². The van der Waals surface area contributed by atoms with Crippen LogP contribution in [0.25, 0.3) is 22.8 Å². The molecule has 0 aliphatic carbocycles. The van der Waals surface area contributed by atoms with E-state index in [0.717, 1.165) is 22.3 Å². The van der Waals surface area contributed by atoms with E-state index >= 15 is 0 Å². The van der Waals surface area contributed by atoms with Gasteiger partial charge in [0.05, 0.1) is 12.4 Å². The number of pyridine rings is 2. The SMILES string of the molecule is C1=N\n2c(nnc2-c2cccnc2)SCCSc2nnc(-c3cccnc3)n2/N=C\c2ccccc2OCCOc2ccccc2/1. The van der Waals surface area contributed by atoms with Crippen LogP contribution in [0.2, 0.25) is 0 Å². The largest absolute Gasteiger partial charge is 0.489 e. The maximum Gasteiger partial charge on any atom is 0.212 e. The van der Waals surface area contributed by atoms with Gasteiger partial charge in [-0.3, -0.25) is 9.97 Å². The van der Waals surface area contributed by atoms with Crippen LogP contribution in [0.5, 0.6) is 11.5 Å². The normalized spacial score (nSPS) is 15.1. The summed E-state index contributed by atoms with van der Waals surface area (Å²) in [5.74, 6) is 3.93. The molecule has 0 saturated carbocycles. The van der Waals surface area contributed by atoms with Gasteiger partial charge in [-0.25, -0.2) is 0 Å². The highest BCUT2D eigenvalue weighted by Gasteiger charge is 2.17. The predicted octanol–water partition coefficient (Wildman–Crippen LogP) is 5.41. The number of benzene rings is 2. The number of thioether (sulfide) groups is 2. The Bertz CT molecular complexity index is 1840. The summed E-state index contributed by atoms with van der Waals surface area (Å²) in [7, 11) is 0. The number of ether oxygens (including phenoxy) is 2. The molecule has 0 N–H and O–H groups in total. The Kier molecular flexibility index (Phi) is 9.05. The summed E-state index contributed by atoms with van der Waals surface area (Å²) in [6, 6.07) is 23.0. The van der Waals surface area contributed by atoms with E-state index in [1.165, 1.54) is 0 Å². The Morgan fingerprint density at radius 3 is 1.48 bits per heavy atom. The minimum absolute atomic E-state index is 0.322. The lowest BCUT2D eigenvalue weighted by molar-refractivity contribution is 0.217. The van der Waals surface area contributed by atoms with Crippen molar-refractivity contribution < 1.29 is 9.47 Å². The van der Waals surface area contributed by atoms with Gasteiger partial charge in [-0.2, -0.15) is 19.6 Å². The summed E-state index contributed by atoms with van der Waals surface area (Å²) < 4.78 is 15.7. The van der Waals surface area contributed by atoms with Gasteiger partial charge in [-0.1, -0.05) is 47.8 Å². The Labute approximate surface area is 272 Å². The van der Waals surface area contributed by atoms with Crippen LogP contribution in [0.15, 0.2) is 118 Å². The van der Waals surface area contributed by atoms with Crippen LogP contribution in [0, 0.1) is 0 Å². The van der Waals surface area contributed by atoms with Gasteiger partial charge in [0.2, 0.25) is 10.3 Å². The van der Waals surface area contributed by atoms with Gasteiger partial charge in [0.1, 0.15) is 24.7 Å². The Hall–Kier alpha value is -5.34. The number of nitrogens with zero attached hydrogens (tertiary/aromatic N) is 10. The minimum atomic E-state index is 0.322. The Morgan fingerprint density at radius 1 is 0.543 bits per heavy atom. The van der Waals surface area contributed by atoms with Crippen molar-refractivity contribution in [1.82, 2.24) is 39.7 Å². The molecule has 4 aromatic heterocycles. The van der Waals surface area contributed by atoms with Crippen molar-refractivity contribution in [3.8, 4) is 34.3 Å². The van der Waals surface area contributed by atoms with E-state index in [1.807, 2.05) is 72.8 Å². The second-order valence-corrected chi connectivity index (χ2v) is 11.8. The molecule has 0 bridgehead atoms. The molecule has 0 radical (unpaired) electrons. The monoisotopic (exact) mass is 646 g/mol. The highest BCUT2D eigenvalue weighted by molar-refractivity contribution is 8.02. The molecule has 0 atom stereocenters. The lowest BCUT2D eigenvalue weighted by Crippen LogP contribution is -2.11. The van der Waals surface area contributed by atoms with Gasteiger partial charge in [0, 0.05) is 58.5 Å². The summed E-state index contributed by atoms with van der Waals surface area (Å²) >= 11 is 3.08. The van der Waals surface area contributed by atoms with Gasteiger partial charge in [0.15, 0.2) is 11.6 Å². The van der Waals surface area contributed by atoms with Crippen LogP contribution < -0.4 is 9.47 Å². The maximum absolute atomic E-state index is 6.13. The molecule has 0 saturated heterocycles.